The average molecular weight is 527 g/mol. The zero-order chi connectivity index (χ0) is 26.4. The fourth-order valence-electron chi connectivity index (χ4n) is 4.55. The van der Waals surface area contributed by atoms with Gasteiger partial charge >= 0.3 is 0 Å². The van der Waals surface area contributed by atoms with Gasteiger partial charge < -0.3 is 14.8 Å². The van der Waals surface area contributed by atoms with E-state index in [4.69, 9.17) is 21.1 Å². The predicted octanol–water partition coefficient (Wildman–Crippen LogP) is 3.88. The molecule has 0 spiro atoms. The van der Waals surface area contributed by atoms with Gasteiger partial charge in [-0.05, 0) is 60.9 Å². The molecule has 3 aromatic rings. The van der Waals surface area contributed by atoms with Crippen molar-refractivity contribution < 1.29 is 19.1 Å². The quantitative estimate of drug-likeness (QED) is 0.426. The molecule has 1 fully saturated rings. The molecule has 1 aliphatic carbocycles. The number of anilines is 1. The number of nitrogens with one attached hydrogen (secondary N) is 1. The van der Waals surface area contributed by atoms with E-state index in [-0.39, 0.29) is 24.4 Å². The first-order valence-corrected chi connectivity index (χ1v) is 12.7. The van der Waals surface area contributed by atoms with Gasteiger partial charge in [0.1, 0.15) is 12.6 Å². The summed E-state index contributed by atoms with van der Waals surface area (Å²) in [5.74, 6) is 0.792. The number of carbonyl (C=O) groups excluding carboxylic acids is 2. The predicted molar refractivity (Wildman–Crippen MR) is 140 cm³/mol. The van der Waals surface area contributed by atoms with Gasteiger partial charge in [-0.1, -0.05) is 31.4 Å². The van der Waals surface area contributed by atoms with Gasteiger partial charge in [0.25, 0.3) is 5.91 Å². The minimum absolute atomic E-state index is 0.128. The molecule has 1 saturated carbocycles. The highest BCUT2D eigenvalue weighted by Gasteiger charge is 2.32. The Bertz CT molecular complexity index is 1230. The third-order valence-corrected chi connectivity index (χ3v) is 6.70. The molecular formula is C26H31ClN6O4. The van der Waals surface area contributed by atoms with E-state index in [0.717, 1.165) is 31.2 Å². The van der Waals surface area contributed by atoms with Crippen molar-refractivity contribution in [2.45, 2.75) is 57.7 Å². The molecule has 196 valence electrons. The maximum atomic E-state index is 13.7. The maximum Gasteiger partial charge on any atom is 0.251 e. The highest BCUT2D eigenvalue weighted by molar-refractivity contribution is 6.30. The number of carbonyl (C=O) groups is 2. The summed E-state index contributed by atoms with van der Waals surface area (Å²) < 4.78 is 10.8. The van der Waals surface area contributed by atoms with E-state index in [1.54, 1.807) is 49.6 Å². The maximum absolute atomic E-state index is 13.7. The Kier molecular flexibility index (Phi) is 8.60. The van der Waals surface area contributed by atoms with E-state index in [1.807, 2.05) is 6.92 Å². The van der Waals surface area contributed by atoms with Crippen LogP contribution in [0.3, 0.4) is 0 Å². The summed E-state index contributed by atoms with van der Waals surface area (Å²) in [5.41, 5.74) is 1.23. The molecule has 2 aromatic carbocycles. The van der Waals surface area contributed by atoms with E-state index < -0.39 is 6.04 Å². The largest absolute Gasteiger partial charge is 0.493 e. The monoisotopic (exact) mass is 526 g/mol. The zero-order valence-corrected chi connectivity index (χ0v) is 21.9. The van der Waals surface area contributed by atoms with Crippen molar-refractivity contribution in [1.82, 2.24) is 25.5 Å². The van der Waals surface area contributed by atoms with Crippen LogP contribution in [0, 0.1) is 0 Å². The second-order valence-electron chi connectivity index (χ2n) is 8.87. The summed E-state index contributed by atoms with van der Waals surface area (Å²) in [6.45, 7) is 1.68. The number of benzene rings is 2. The lowest BCUT2D eigenvalue weighted by molar-refractivity contribution is -0.127. The second-order valence-corrected chi connectivity index (χ2v) is 9.30. The molecule has 1 N–H and O–H groups in total. The van der Waals surface area contributed by atoms with Crippen molar-refractivity contribution >= 4 is 29.1 Å². The number of halogens is 1. The topological polar surface area (TPSA) is 111 Å². The Morgan fingerprint density at radius 3 is 2.46 bits per heavy atom. The summed E-state index contributed by atoms with van der Waals surface area (Å²) in [6.07, 6.45) is 4.49. The molecule has 0 radical (unpaired) electrons. The van der Waals surface area contributed by atoms with E-state index in [2.05, 4.69) is 20.7 Å². The van der Waals surface area contributed by atoms with Gasteiger partial charge in [0, 0.05) is 28.4 Å². The van der Waals surface area contributed by atoms with Crippen molar-refractivity contribution in [1.29, 1.82) is 0 Å². The second kappa shape index (κ2) is 12.1. The SMILES string of the molecule is CC[C@@H](C(=O)NC1CCCC1)N(C(=O)Cn1nnc(-c2ccc(Cl)cc2)n1)c1ccc(OC)c(OC)c1. The van der Waals surface area contributed by atoms with Crippen molar-refractivity contribution in [2.24, 2.45) is 0 Å². The Morgan fingerprint density at radius 2 is 1.81 bits per heavy atom. The molecule has 11 heteroatoms. The van der Waals surface area contributed by atoms with Gasteiger partial charge in [-0.15, -0.1) is 10.2 Å². The van der Waals surface area contributed by atoms with Crippen LogP contribution in [-0.2, 0) is 16.1 Å². The summed E-state index contributed by atoms with van der Waals surface area (Å²) in [7, 11) is 3.06. The number of rotatable bonds is 10. The van der Waals surface area contributed by atoms with E-state index in [0.29, 0.717) is 34.5 Å². The first kappa shape index (κ1) is 26.4. The van der Waals surface area contributed by atoms with Crippen LogP contribution in [0.4, 0.5) is 5.69 Å². The minimum Gasteiger partial charge on any atom is -0.493 e. The lowest BCUT2D eigenvalue weighted by Crippen LogP contribution is -2.52. The van der Waals surface area contributed by atoms with Gasteiger partial charge in [-0.3, -0.25) is 14.5 Å². The van der Waals surface area contributed by atoms with Crippen LogP contribution in [0.2, 0.25) is 5.02 Å². The number of aromatic nitrogens is 4. The summed E-state index contributed by atoms with van der Waals surface area (Å²) in [6, 6.07) is 11.6. The molecule has 2 amide bonds. The van der Waals surface area contributed by atoms with Gasteiger partial charge in [-0.2, -0.15) is 4.80 Å². The van der Waals surface area contributed by atoms with Gasteiger partial charge in [0.05, 0.1) is 14.2 Å². The van der Waals surface area contributed by atoms with Crippen LogP contribution in [0.5, 0.6) is 11.5 Å². The number of hydrogen-bond acceptors (Lipinski definition) is 7. The number of ether oxygens (including phenoxy) is 2. The molecule has 10 nitrogen and oxygen atoms in total. The summed E-state index contributed by atoms with van der Waals surface area (Å²) in [5, 5.41) is 16.2. The Morgan fingerprint density at radius 1 is 1.11 bits per heavy atom. The van der Waals surface area contributed by atoms with Crippen LogP contribution in [0.15, 0.2) is 42.5 Å². The van der Waals surface area contributed by atoms with Crippen molar-refractivity contribution in [3.63, 3.8) is 0 Å². The minimum atomic E-state index is -0.731. The smallest absolute Gasteiger partial charge is 0.251 e. The van der Waals surface area contributed by atoms with Gasteiger partial charge in [0.15, 0.2) is 11.5 Å². The number of methoxy groups -OCH3 is 2. The molecule has 0 aliphatic heterocycles. The highest BCUT2D eigenvalue weighted by atomic mass is 35.5. The first-order valence-electron chi connectivity index (χ1n) is 12.3. The Labute approximate surface area is 220 Å². The molecule has 0 unspecified atom stereocenters. The molecule has 1 heterocycles. The number of tetrazole rings is 1. The normalized spacial score (nSPS) is 14.3. The van der Waals surface area contributed by atoms with Gasteiger partial charge in [-0.25, -0.2) is 0 Å². The highest BCUT2D eigenvalue weighted by Crippen LogP contribution is 2.33. The van der Waals surface area contributed by atoms with Crippen LogP contribution in [0.1, 0.15) is 39.0 Å². The number of hydrogen-bond donors (Lipinski definition) is 1. The number of nitrogens with zero attached hydrogens (tertiary/aromatic N) is 5. The molecule has 4 rings (SSSR count). The van der Waals surface area contributed by atoms with Crippen molar-refractivity contribution in [2.75, 3.05) is 19.1 Å². The third-order valence-electron chi connectivity index (χ3n) is 6.45. The molecule has 1 aromatic heterocycles. The fourth-order valence-corrected chi connectivity index (χ4v) is 4.67. The van der Waals surface area contributed by atoms with E-state index in [9.17, 15) is 9.59 Å². The summed E-state index contributed by atoms with van der Waals surface area (Å²) in [4.78, 5) is 29.8. The van der Waals surface area contributed by atoms with E-state index >= 15 is 0 Å². The molecule has 0 saturated heterocycles. The fraction of sp³-hybridized carbons (Fsp3) is 0.423. The third kappa shape index (κ3) is 6.19. The van der Waals surface area contributed by atoms with Crippen LogP contribution in [-0.4, -0.2) is 58.3 Å². The van der Waals surface area contributed by atoms with Crippen LogP contribution in [0.25, 0.3) is 11.4 Å². The van der Waals surface area contributed by atoms with Crippen molar-refractivity contribution in [3.8, 4) is 22.9 Å². The molecule has 0 bridgehead atoms. The lowest BCUT2D eigenvalue weighted by atomic mass is 10.1. The Hall–Kier alpha value is -3.66. The van der Waals surface area contributed by atoms with Crippen molar-refractivity contribution in [3.05, 3.63) is 47.5 Å². The van der Waals surface area contributed by atoms with Crippen LogP contribution >= 0.6 is 11.6 Å². The number of amides is 2. The lowest BCUT2D eigenvalue weighted by Gasteiger charge is -2.31. The average Bonchev–Trinajstić information content (AvgIpc) is 3.59. The molecule has 1 aliphatic rings. The molecule has 37 heavy (non-hydrogen) atoms. The zero-order valence-electron chi connectivity index (χ0n) is 21.2. The first-order chi connectivity index (χ1) is 17.9. The Balaban J connectivity index is 1.62. The summed E-state index contributed by atoms with van der Waals surface area (Å²) >= 11 is 5.97. The molecule has 1 atom stereocenters. The standard InChI is InChI=1S/C26H31ClN6O4/c1-4-21(26(35)28-19-7-5-6-8-19)33(20-13-14-22(36-2)23(15-20)37-3)24(34)16-32-30-25(29-31-32)17-9-11-18(27)12-10-17/h9-15,19,21H,4-8,16H2,1-3H3,(H,28,35)/t21-/m0/s1. The van der Waals surface area contributed by atoms with Crippen LogP contribution < -0.4 is 19.7 Å². The van der Waals surface area contributed by atoms with E-state index in [1.165, 1.54) is 16.8 Å². The molecular weight excluding hydrogens is 496 g/mol. The van der Waals surface area contributed by atoms with Gasteiger partial charge in [0.2, 0.25) is 11.7 Å².